The minimum absolute atomic E-state index is 0.0318. The molecule has 1 aliphatic heterocycles. The molecule has 2 amide bonds. The van der Waals surface area contributed by atoms with Crippen molar-refractivity contribution in [3.63, 3.8) is 0 Å². The van der Waals surface area contributed by atoms with E-state index in [9.17, 15) is 9.59 Å². The van der Waals surface area contributed by atoms with Crippen LogP contribution in [0.4, 0.5) is 22.9 Å². The Morgan fingerprint density at radius 3 is 2.72 bits per heavy atom. The average molecular weight is 432 g/mol. The summed E-state index contributed by atoms with van der Waals surface area (Å²) in [7, 11) is 5.53. The van der Waals surface area contributed by atoms with Crippen molar-refractivity contribution in [2.45, 2.75) is 19.4 Å². The third kappa shape index (κ3) is 3.55. The van der Waals surface area contributed by atoms with Gasteiger partial charge in [0, 0.05) is 63.2 Å². The Balaban J connectivity index is 1.55. The predicted octanol–water partition coefficient (Wildman–Crippen LogP) is 2.88. The Hall–Kier alpha value is -3.88. The van der Waals surface area contributed by atoms with Gasteiger partial charge in [-0.1, -0.05) is 12.1 Å². The van der Waals surface area contributed by atoms with Gasteiger partial charge in [-0.3, -0.25) is 14.3 Å². The van der Waals surface area contributed by atoms with Crippen molar-refractivity contribution in [2.24, 2.45) is 13.0 Å². The second-order valence-corrected chi connectivity index (χ2v) is 8.32. The summed E-state index contributed by atoms with van der Waals surface area (Å²) < 4.78 is 1.83. The summed E-state index contributed by atoms with van der Waals surface area (Å²) in [6, 6.07) is 7.70. The molecule has 1 saturated carbocycles. The number of pyridine rings is 1. The molecule has 3 N–H and O–H groups in total. The van der Waals surface area contributed by atoms with E-state index in [1.165, 1.54) is 11.8 Å². The van der Waals surface area contributed by atoms with E-state index in [4.69, 9.17) is 0 Å². The largest absolute Gasteiger partial charge is 0.368 e. The molecule has 1 fully saturated rings. The standard InChI is InChI=1S/C23H25N7O2/c1-24-23(32)16-10-25-19(27-22(31)13-7-8-13)9-18(16)26-17-6-4-5-15-20-14(12-30(3)28-20)11-29(2)21(15)17/h4-6,9-10,12-13H,7-8,11H2,1-3H3,(H,24,32)(H2,25,26,27,31). The molecule has 0 radical (unpaired) electrons. The van der Waals surface area contributed by atoms with Crippen molar-refractivity contribution in [2.75, 3.05) is 29.6 Å². The van der Waals surface area contributed by atoms with Crippen LogP contribution in [-0.4, -0.2) is 40.7 Å². The first-order chi connectivity index (χ1) is 15.4. The van der Waals surface area contributed by atoms with Gasteiger partial charge >= 0.3 is 0 Å². The monoisotopic (exact) mass is 431 g/mol. The molecular formula is C23H25N7O2. The second-order valence-electron chi connectivity index (χ2n) is 8.32. The van der Waals surface area contributed by atoms with Crippen molar-refractivity contribution in [1.29, 1.82) is 0 Å². The molecule has 32 heavy (non-hydrogen) atoms. The van der Waals surface area contributed by atoms with Crippen LogP contribution < -0.4 is 20.9 Å². The number of carbonyl (C=O) groups is 2. The second kappa shape index (κ2) is 7.67. The van der Waals surface area contributed by atoms with Gasteiger partial charge in [-0.2, -0.15) is 5.10 Å². The summed E-state index contributed by atoms with van der Waals surface area (Å²) in [5.74, 6) is 0.192. The number of carbonyl (C=O) groups excluding carboxylic acids is 2. The van der Waals surface area contributed by atoms with Crippen LogP contribution in [0.5, 0.6) is 0 Å². The van der Waals surface area contributed by atoms with E-state index in [0.717, 1.165) is 42.0 Å². The summed E-state index contributed by atoms with van der Waals surface area (Å²) in [6.07, 6.45) is 5.34. The van der Waals surface area contributed by atoms with Crippen molar-refractivity contribution in [3.05, 3.63) is 47.8 Å². The molecule has 164 valence electrons. The molecule has 2 aromatic heterocycles. The van der Waals surface area contributed by atoms with Gasteiger partial charge < -0.3 is 20.9 Å². The molecule has 1 aliphatic carbocycles. The van der Waals surface area contributed by atoms with Gasteiger partial charge in [0.1, 0.15) is 5.82 Å². The normalized spacial score (nSPS) is 14.4. The smallest absolute Gasteiger partial charge is 0.254 e. The van der Waals surface area contributed by atoms with E-state index in [-0.39, 0.29) is 17.7 Å². The molecule has 0 saturated heterocycles. The first-order valence-electron chi connectivity index (χ1n) is 10.6. The number of nitrogens with zero attached hydrogens (tertiary/aromatic N) is 4. The molecule has 9 heteroatoms. The zero-order valence-electron chi connectivity index (χ0n) is 18.3. The van der Waals surface area contributed by atoms with Crippen molar-refractivity contribution in [1.82, 2.24) is 20.1 Å². The van der Waals surface area contributed by atoms with Crippen LogP contribution >= 0.6 is 0 Å². The lowest BCUT2D eigenvalue weighted by Gasteiger charge is -2.29. The molecular weight excluding hydrogens is 406 g/mol. The number of aryl methyl sites for hydroxylation is 1. The van der Waals surface area contributed by atoms with Gasteiger partial charge in [0.15, 0.2) is 0 Å². The van der Waals surface area contributed by atoms with Gasteiger partial charge in [-0.25, -0.2) is 4.98 Å². The third-order valence-corrected chi connectivity index (χ3v) is 5.83. The summed E-state index contributed by atoms with van der Waals surface area (Å²) >= 11 is 0. The lowest BCUT2D eigenvalue weighted by Crippen LogP contribution is -2.23. The fourth-order valence-electron chi connectivity index (χ4n) is 4.12. The highest BCUT2D eigenvalue weighted by atomic mass is 16.2. The van der Waals surface area contributed by atoms with Crippen LogP contribution in [0.2, 0.25) is 0 Å². The molecule has 3 aromatic rings. The van der Waals surface area contributed by atoms with Crippen LogP contribution in [0, 0.1) is 5.92 Å². The van der Waals surface area contributed by atoms with Gasteiger partial charge in [0.25, 0.3) is 5.91 Å². The highest BCUT2D eigenvalue weighted by Crippen LogP contribution is 2.43. The summed E-state index contributed by atoms with van der Waals surface area (Å²) in [6.45, 7) is 0.732. The minimum atomic E-state index is -0.259. The van der Waals surface area contributed by atoms with Crippen LogP contribution in [0.15, 0.2) is 36.7 Å². The van der Waals surface area contributed by atoms with Crippen LogP contribution in [0.1, 0.15) is 28.8 Å². The number of benzene rings is 1. The van der Waals surface area contributed by atoms with Crippen molar-refractivity contribution < 1.29 is 9.59 Å². The first-order valence-corrected chi connectivity index (χ1v) is 10.6. The Morgan fingerprint density at radius 1 is 1.16 bits per heavy atom. The van der Waals surface area contributed by atoms with Crippen LogP contribution in [0.25, 0.3) is 11.3 Å². The SMILES string of the molecule is CNC(=O)c1cnc(NC(=O)C2CC2)cc1Nc1cccc2c1N(C)Cc1cn(C)nc1-2. The number of rotatable bonds is 5. The van der Waals surface area contributed by atoms with E-state index in [1.807, 2.05) is 37.1 Å². The predicted molar refractivity (Wildman–Crippen MR) is 123 cm³/mol. The van der Waals surface area contributed by atoms with E-state index >= 15 is 0 Å². The minimum Gasteiger partial charge on any atom is -0.368 e. The lowest BCUT2D eigenvalue weighted by atomic mass is 9.99. The maximum absolute atomic E-state index is 12.5. The molecule has 2 aliphatic rings. The summed E-state index contributed by atoms with van der Waals surface area (Å²) in [4.78, 5) is 31.1. The number of hydrogen-bond donors (Lipinski definition) is 3. The van der Waals surface area contributed by atoms with Crippen molar-refractivity contribution >= 4 is 34.7 Å². The molecule has 0 atom stereocenters. The highest BCUT2D eigenvalue weighted by molar-refractivity contribution is 6.02. The van der Waals surface area contributed by atoms with E-state index in [0.29, 0.717) is 17.1 Å². The number of fused-ring (bicyclic) bond motifs is 3. The van der Waals surface area contributed by atoms with E-state index in [2.05, 4.69) is 37.0 Å². The van der Waals surface area contributed by atoms with Gasteiger partial charge in [-0.15, -0.1) is 0 Å². The molecule has 0 spiro atoms. The number of hydrogen-bond acceptors (Lipinski definition) is 6. The maximum Gasteiger partial charge on any atom is 0.254 e. The third-order valence-electron chi connectivity index (χ3n) is 5.83. The Labute approximate surface area is 185 Å². The van der Waals surface area contributed by atoms with Crippen molar-refractivity contribution in [3.8, 4) is 11.3 Å². The van der Waals surface area contributed by atoms with Gasteiger partial charge in [-0.05, 0) is 18.9 Å². The lowest BCUT2D eigenvalue weighted by molar-refractivity contribution is -0.117. The quantitative estimate of drug-likeness (QED) is 0.574. The summed E-state index contributed by atoms with van der Waals surface area (Å²) in [5.41, 5.74) is 5.96. The summed E-state index contributed by atoms with van der Waals surface area (Å²) in [5, 5.41) is 13.6. The van der Waals surface area contributed by atoms with Crippen LogP contribution in [0.3, 0.4) is 0 Å². The topological polar surface area (TPSA) is 104 Å². The van der Waals surface area contributed by atoms with Gasteiger partial charge in [0.05, 0.1) is 28.3 Å². The Kier molecular flexibility index (Phi) is 4.80. The number of nitrogens with one attached hydrogen (secondary N) is 3. The number of para-hydroxylation sites is 1. The number of amides is 2. The molecule has 0 bridgehead atoms. The van der Waals surface area contributed by atoms with Crippen LogP contribution in [-0.2, 0) is 18.4 Å². The molecule has 0 unspecified atom stereocenters. The number of anilines is 4. The van der Waals surface area contributed by atoms with Gasteiger partial charge in [0.2, 0.25) is 5.91 Å². The molecule has 1 aromatic carbocycles. The molecule has 3 heterocycles. The van der Waals surface area contributed by atoms with E-state index in [1.54, 1.807) is 13.1 Å². The Morgan fingerprint density at radius 2 is 1.97 bits per heavy atom. The first kappa shape index (κ1) is 20.0. The Bertz CT molecular complexity index is 1230. The fourth-order valence-corrected chi connectivity index (χ4v) is 4.12. The average Bonchev–Trinajstić information content (AvgIpc) is 3.56. The highest BCUT2D eigenvalue weighted by Gasteiger charge is 2.30. The zero-order valence-corrected chi connectivity index (χ0v) is 18.3. The maximum atomic E-state index is 12.5. The fraction of sp³-hybridized carbons (Fsp3) is 0.304. The molecule has 5 rings (SSSR count). The zero-order chi connectivity index (χ0) is 22.4. The molecule has 9 nitrogen and oxygen atoms in total. The van der Waals surface area contributed by atoms with E-state index < -0.39 is 0 Å². The number of aromatic nitrogens is 3.